The monoisotopic (exact) mass is 338 g/mol. The summed E-state index contributed by atoms with van der Waals surface area (Å²) in [4.78, 5) is 0. The number of hydrogen-bond donors (Lipinski definition) is 0. The van der Waals surface area contributed by atoms with Crippen LogP contribution in [0.4, 0.5) is 4.39 Å². The fourth-order valence-electron chi connectivity index (χ4n) is 1.26. The van der Waals surface area contributed by atoms with Crippen LogP contribution in [0, 0.1) is 11.9 Å². The summed E-state index contributed by atoms with van der Waals surface area (Å²) in [7, 11) is 0. The topological polar surface area (TPSA) is 9.23 Å². The number of benzene rings is 2. The van der Waals surface area contributed by atoms with Crippen molar-refractivity contribution in [3.05, 3.63) is 64.9 Å². The third-order valence-corrected chi connectivity index (χ3v) is 2.35. The van der Waals surface area contributed by atoms with Crippen molar-refractivity contribution in [3.8, 4) is 5.75 Å². The SMILES string of the molecule is Fc1ccc(COc2[c-]cccc2)cc1Cl.[Br-].[Mg+2]. The van der Waals surface area contributed by atoms with Crippen molar-refractivity contribution in [1.82, 2.24) is 0 Å². The molecule has 0 radical (unpaired) electrons. The first-order valence-corrected chi connectivity index (χ1v) is 5.17. The molecular formula is C13H9BrClFMgO. The molecule has 0 spiro atoms. The Labute approximate surface area is 137 Å². The molecule has 5 heteroatoms. The van der Waals surface area contributed by atoms with Crippen molar-refractivity contribution in [2.45, 2.75) is 6.61 Å². The average Bonchev–Trinajstić information content (AvgIpc) is 2.32. The van der Waals surface area contributed by atoms with Gasteiger partial charge in [-0.25, -0.2) is 4.39 Å². The van der Waals surface area contributed by atoms with Gasteiger partial charge in [0, 0.05) is 5.75 Å². The van der Waals surface area contributed by atoms with Crippen molar-refractivity contribution in [2.75, 3.05) is 0 Å². The van der Waals surface area contributed by atoms with Gasteiger partial charge in [0.1, 0.15) is 12.4 Å². The first-order valence-electron chi connectivity index (χ1n) is 4.79. The Morgan fingerprint density at radius 1 is 1.22 bits per heavy atom. The zero-order valence-electron chi connectivity index (χ0n) is 9.50. The second kappa shape index (κ2) is 8.75. The molecule has 0 amide bonds. The maximum Gasteiger partial charge on any atom is 2.00 e. The molecule has 0 fully saturated rings. The van der Waals surface area contributed by atoms with Crippen LogP contribution in [0.5, 0.6) is 5.75 Å². The number of rotatable bonds is 3. The van der Waals surface area contributed by atoms with E-state index in [1.807, 2.05) is 18.2 Å². The summed E-state index contributed by atoms with van der Waals surface area (Å²) in [6.07, 6.45) is 0. The number of halogens is 3. The van der Waals surface area contributed by atoms with E-state index in [2.05, 4.69) is 6.07 Å². The standard InChI is InChI=1S/C13H9ClFO.BrH.Mg/c14-12-8-10(6-7-13(12)15)9-16-11-4-2-1-3-5-11;;/h1-4,6-8H,9H2;1H;/q-1;;+2/p-1. The van der Waals surface area contributed by atoms with Gasteiger partial charge in [0.05, 0.1) is 5.02 Å². The summed E-state index contributed by atoms with van der Waals surface area (Å²) < 4.78 is 18.3. The van der Waals surface area contributed by atoms with Gasteiger partial charge in [0.2, 0.25) is 0 Å². The Morgan fingerprint density at radius 3 is 2.61 bits per heavy atom. The molecule has 0 aromatic heterocycles. The molecule has 0 aliphatic rings. The fraction of sp³-hybridized carbons (Fsp3) is 0.0769. The van der Waals surface area contributed by atoms with Crippen LogP contribution < -0.4 is 21.7 Å². The van der Waals surface area contributed by atoms with E-state index in [4.69, 9.17) is 16.3 Å². The molecule has 0 saturated carbocycles. The van der Waals surface area contributed by atoms with Crippen LogP contribution in [0.1, 0.15) is 5.56 Å². The normalized spacial score (nSPS) is 9.00. The largest absolute Gasteiger partial charge is 2.00 e. The van der Waals surface area contributed by atoms with Crippen molar-refractivity contribution in [2.24, 2.45) is 0 Å². The number of ether oxygens (including phenoxy) is 1. The predicted molar refractivity (Wildman–Crippen MR) is 66.8 cm³/mol. The molecule has 1 nitrogen and oxygen atoms in total. The van der Waals surface area contributed by atoms with Crippen molar-refractivity contribution >= 4 is 34.7 Å². The van der Waals surface area contributed by atoms with Gasteiger partial charge in [-0.15, -0.1) is 12.1 Å². The maximum absolute atomic E-state index is 12.9. The molecule has 0 saturated heterocycles. The van der Waals surface area contributed by atoms with E-state index in [0.29, 0.717) is 12.4 Å². The first kappa shape index (κ1) is 17.7. The molecule has 2 aromatic rings. The van der Waals surface area contributed by atoms with Crippen LogP contribution in [0.15, 0.2) is 42.5 Å². The average molecular weight is 340 g/mol. The second-order valence-electron chi connectivity index (χ2n) is 3.26. The van der Waals surface area contributed by atoms with E-state index in [0.717, 1.165) is 5.56 Å². The van der Waals surface area contributed by atoms with Gasteiger partial charge in [-0.2, -0.15) is 18.2 Å². The summed E-state index contributed by atoms with van der Waals surface area (Å²) >= 11 is 5.66. The number of para-hydroxylation sites is 1. The van der Waals surface area contributed by atoms with E-state index in [1.54, 1.807) is 18.2 Å². The molecule has 0 atom stereocenters. The molecule has 2 aromatic carbocycles. The third kappa shape index (κ3) is 5.14. The predicted octanol–water partition coefficient (Wildman–Crippen LogP) is 0.481. The quantitative estimate of drug-likeness (QED) is 0.584. The Balaban J connectivity index is 0.00000144. The molecule has 0 heterocycles. The van der Waals surface area contributed by atoms with Crippen molar-refractivity contribution < 1.29 is 26.1 Å². The molecule has 2 rings (SSSR count). The van der Waals surface area contributed by atoms with Gasteiger partial charge in [-0.3, -0.25) is 0 Å². The van der Waals surface area contributed by atoms with Crippen LogP contribution in [0.25, 0.3) is 0 Å². The molecule has 0 aliphatic carbocycles. The van der Waals surface area contributed by atoms with E-state index in [1.165, 1.54) is 6.07 Å². The van der Waals surface area contributed by atoms with Crippen molar-refractivity contribution in [3.63, 3.8) is 0 Å². The molecular weight excluding hydrogens is 331 g/mol. The summed E-state index contributed by atoms with van der Waals surface area (Å²) in [5.74, 6) is 0.236. The maximum atomic E-state index is 12.9. The Bertz CT molecular complexity index is 482. The van der Waals surface area contributed by atoms with Gasteiger partial charge in [0.15, 0.2) is 0 Å². The van der Waals surface area contributed by atoms with E-state index >= 15 is 0 Å². The number of hydrogen-bond acceptors (Lipinski definition) is 1. The van der Waals surface area contributed by atoms with Crippen LogP contribution >= 0.6 is 11.6 Å². The van der Waals surface area contributed by atoms with Crippen molar-refractivity contribution in [1.29, 1.82) is 0 Å². The van der Waals surface area contributed by atoms with Gasteiger partial charge < -0.3 is 21.7 Å². The zero-order valence-corrected chi connectivity index (χ0v) is 13.3. The van der Waals surface area contributed by atoms with Crippen LogP contribution in [0.2, 0.25) is 5.02 Å². The van der Waals surface area contributed by atoms with E-state index < -0.39 is 5.82 Å². The Kier molecular flexibility index (Phi) is 8.60. The fourth-order valence-corrected chi connectivity index (χ4v) is 1.46. The summed E-state index contributed by atoms with van der Waals surface area (Å²) in [5, 5.41) is 0.109. The minimum Gasteiger partial charge on any atom is -1.00 e. The summed E-state index contributed by atoms with van der Waals surface area (Å²) in [6, 6.07) is 14.8. The molecule has 18 heavy (non-hydrogen) atoms. The van der Waals surface area contributed by atoms with E-state index in [9.17, 15) is 4.39 Å². The molecule has 0 bridgehead atoms. The van der Waals surface area contributed by atoms with Gasteiger partial charge in [-0.05, 0) is 17.7 Å². The van der Waals surface area contributed by atoms with Crippen LogP contribution in [-0.4, -0.2) is 23.1 Å². The summed E-state index contributed by atoms with van der Waals surface area (Å²) in [5.41, 5.74) is 0.823. The molecule has 0 unspecified atom stereocenters. The van der Waals surface area contributed by atoms with Gasteiger partial charge in [0.25, 0.3) is 0 Å². The summed E-state index contributed by atoms with van der Waals surface area (Å²) in [6.45, 7) is 0.348. The first-order chi connectivity index (χ1) is 7.75. The van der Waals surface area contributed by atoms with Crippen LogP contribution in [0.3, 0.4) is 0 Å². The smallest absolute Gasteiger partial charge is 1.00 e. The van der Waals surface area contributed by atoms with Crippen LogP contribution in [-0.2, 0) is 6.61 Å². The molecule has 0 N–H and O–H groups in total. The Hall–Kier alpha value is -0.294. The van der Waals surface area contributed by atoms with Gasteiger partial charge >= 0.3 is 23.1 Å². The molecule has 0 aliphatic heterocycles. The molecule has 90 valence electrons. The third-order valence-electron chi connectivity index (χ3n) is 2.06. The minimum atomic E-state index is -0.420. The zero-order chi connectivity index (χ0) is 11.4. The second-order valence-corrected chi connectivity index (χ2v) is 3.67. The van der Waals surface area contributed by atoms with Gasteiger partial charge in [-0.1, -0.05) is 17.7 Å². The Morgan fingerprint density at radius 2 is 2.00 bits per heavy atom. The van der Waals surface area contributed by atoms with E-state index in [-0.39, 0.29) is 45.1 Å². The minimum absolute atomic E-state index is 0.